The fourth-order valence-corrected chi connectivity index (χ4v) is 3.71. The zero-order valence-electron chi connectivity index (χ0n) is 13.1. The molecular weight excluding hydrogens is 266 g/mol. The normalized spacial score (nSPS) is 27.5. The van der Waals surface area contributed by atoms with Crippen LogP contribution in [0.15, 0.2) is 0 Å². The summed E-state index contributed by atoms with van der Waals surface area (Å²) >= 11 is 0. The van der Waals surface area contributed by atoms with Crippen LogP contribution < -0.4 is 11.1 Å². The summed E-state index contributed by atoms with van der Waals surface area (Å²) in [5.74, 6) is 0.981. The van der Waals surface area contributed by atoms with Crippen LogP contribution in [0, 0.1) is 11.8 Å². The van der Waals surface area contributed by atoms with Crippen molar-refractivity contribution in [2.45, 2.75) is 50.1 Å². The number of nitrogens with one attached hydrogen (secondary N) is 1. The number of likely N-dealkylation sites (tertiary alicyclic amines) is 1. The van der Waals surface area contributed by atoms with E-state index >= 15 is 0 Å². The highest BCUT2D eigenvalue weighted by atomic mass is 16.5. The molecule has 3 N–H and O–H groups in total. The minimum absolute atomic E-state index is 0.143. The average Bonchev–Trinajstić information content (AvgIpc) is 3.34. The lowest BCUT2D eigenvalue weighted by atomic mass is 9.89. The first kappa shape index (κ1) is 15.3. The smallest absolute Gasteiger partial charge is 0.239 e. The topological polar surface area (TPSA) is 67.6 Å². The molecule has 3 aliphatic rings. The SMILES string of the molecule is COCC1CCN(CC(NC2CC2)(C(N)=O)C2CC2)CC1. The highest BCUT2D eigenvalue weighted by molar-refractivity contribution is 5.86. The van der Waals surface area contributed by atoms with Crippen molar-refractivity contribution >= 4 is 5.91 Å². The molecule has 0 aromatic carbocycles. The Bertz CT molecular complexity index is 374. The minimum Gasteiger partial charge on any atom is -0.384 e. The van der Waals surface area contributed by atoms with E-state index in [0.717, 1.165) is 51.9 Å². The molecule has 5 heteroatoms. The van der Waals surface area contributed by atoms with Gasteiger partial charge in [0.2, 0.25) is 5.91 Å². The molecule has 0 radical (unpaired) electrons. The van der Waals surface area contributed by atoms with Gasteiger partial charge in [0, 0.05) is 26.3 Å². The minimum atomic E-state index is -0.477. The summed E-state index contributed by atoms with van der Waals surface area (Å²) in [4.78, 5) is 14.7. The van der Waals surface area contributed by atoms with Crippen molar-refractivity contribution in [3.05, 3.63) is 0 Å². The second kappa shape index (κ2) is 6.23. The number of hydrogen-bond donors (Lipinski definition) is 2. The quantitative estimate of drug-likeness (QED) is 0.693. The van der Waals surface area contributed by atoms with E-state index < -0.39 is 5.54 Å². The third-order valence-electron chi connectivity index (χ3n) is 5.34. The molecule has 0 bridgehead atoms. The Morgan fingerprint density at radius 2 is 1.90 bits per heavy atom. The molecular formula is C16H29N3O2. The van der Waals surface area contributed by atoms with Crippen molar-refractivity contribution in [1.82, 2.24) is 10.2 Å². The van der Waals surface area contributed by atoms with E-state index in [1.807, 2.05) is 0 Å². The average molecular weight is 295 g/mol. The van der Waals surface area contributed by atoms with Crippen LogP contribution in [0.25, 0.3) is 0 Å². The molecule has 0 aromatic heterocycles. The third-order valence-corrected chi connectivity index (χ3v) is 5.34. The zero-order valence-corrected chi connectivity index (χ0v) is 13.1. The van der Waals surface area contributed by atoms with Gasteiger partial charge in [-0.3, -0.25) is 10.1 Å². The van der Waals surface area contributed by atoms with E-state index in [0.29, 0.717) is 17.9 Å². The van der Waals surface area contributed by atoms with Gasteiger partial charge in [0.15, 0.2) is 0 Å². The second-order valence-electron chi connectivity index (χ2n) is 7.20. The van der Waals surface area contributed by atoms with Crippen LogP contribution in [-0.2, 0) is 9.53 Å². The molecule has 1 atom stereocenters. The van der Waals surface area contributed by atoms with Gasteiger partial charge >= 0.3 is 0 Å². The molecule has 0 aromatic rings. The Labute approximate surface area is 127 Å². The number of ether oxygens (including phenoxy) is 1. The lowest BCUT2D eigenvalue weighted by Gasteiger charge is -2.40. The Morgan fingerprint density at radius 3 is 2.38 bits per heavy atom. The van der Waals surface area contributed by atoms with Crippen molar-refractivity contribution < 1.29 is 9.53 Å². The number of piperidine rings is 1. The van der Waals surface area contributed by atoms with Gasteiger partial charge in [-0.1, -0.05) is 0 Å². The van der Waals surface area contributed by atoms with Crippen LogP contribution in [0.1, 0.15) is 38.5 Å². The summed E-state index contributed by atoms with van der Waals surface area (Å²) in [5.41, 5.74) is 5.36. The van der Waals surface area contributed by atoms with Gasteiger partial charge < -0.3 is 15.4 Å². The van der Waals surface area contributed by atoms with Gasteiger partial charge in [-0.2, -0.15) is 0 Å². The summed E-state index contributed by atoms with van der Waals surface area (Å²) in [5, 5.41) is 3.61. The van der Waals surface area contributed by atoms with E-state index in [-0.39, 0.29) is 5.91 Å². The fourth-order valence-electron chi connectivity index (χ4n) is 3.71. The van der Waals surface area contributed by atoms with Crippen molar-refractivity contribution in [3.8, 4) is 0 Å². The third kappa shape index (κ3) is 3.58. The van der Waals surface area contributed by atoms with Gasteiger partial charge in [0.1, 0.15) is 5.54 Å². The van der Waals surface area contributed by atoms with E-state index in [1.165, 1.54) is 12.8 Å². The van der Waals surface area contributed by atoms with Crippen LogP contribution in [-0.4, -0.2) is 55.7 Å². The summed E-state index contributed by atoms with van der Waals surface area (Å²) in [6, 6.07) is 0.518. The highest BCUT2D eigenvalue weighted by Crippen LogP contribution is 2.42. The zero-order chi connectivity index (χ0) is 14.9. The molecule has 3 rings (SSSR count). The van der Waals surface area contributed by atoms with Crippen LogP contribution in [0.2, 0.25) is 0 Å². The number of nitrogens with zero attached hydrogens (tertiary/aromatic N) is 1. The fraction of sp³-hybridized carbons (Fsp3) is 0.938. The van der Waals surface area contributed by atoms with Crippen LogP contribution >= 0.6 is 0 Å². The van der Waals surface area contributed by atoms with E-state index in [9.17, 15) is 4.79 Å². The van der Waals surface area contributed by atoms with Crippen LogP contribution in [0.4, 0.5) is 0 Å². The van der Waals surface area contributed by atoms with Gasteiger partial charge in [-0.15, -0.1) is 0 Å². The van der Waals surface area contributed by atoms with Crippen molar-refractivity contribution in [2.75, 3.05) is 33.4 Å². The number of hydrogen-bond acceptors (Lipinski definition) is 4. The largest absolute Gasteiger partial charge is 0.384 e. The molecule has 1 saturated heterocycles. The van der Waals surface area contributed by atoms with Crippen LogP contribution in [0.3, 0.4) is 0 Å². The lowest BCUT2D eigenvalue weighted by molar-refractivity contribution is -0.126. The first-order valence-corrected chi connectivity index (χ1v) is 8.43. The molecule has 2 saturated carbocycles. The Morgan fingerprint density at radius 1 is 1.24 bits per heavy atom. The summed E-state index contributed by atoms with van der Waals surface area (Å²) in [6.45, 7) is 3.77. The van der Waals surface area contributed by atoms with E-state index in [2.05, 4.69) is 10.2 Å². The lowest BCUT2D eigenvalue weighted by Crippen LogP contribution is -2.64. The van der Waals surface area contributed by atoms with Crippen LogP contribution in [0.5, 0.6) is 0 Å². The maximum absolute atomic E-state index is 12.2. The molecule has 1 unspecified atom stereocenters. The number of methoxy groups -OCH3 is 1. The predicted molar refractivity (Wildman–Crippen MR) is 81.8 cm³/mol. The molecule has 21 heavy (non-hydrogen) atoms. The van der Waals surface area contributed by atoms with Gasteiger partial charge in [-0.05, 0) is 63.5 Å². The second-order valence-corrected chi connectivity index (χ2v) is 7.20. The number of primary amides is 1. The molecule has 1 heterocycles. The van der Waals surface area contributed by atoms with Gasteiger partial charge in [-0.25, -0.2) is 0 Å². The number of amides is 1. The molecule has 2 aliphatic carbocycles. The van der Waals surface area contributed by atoms with Gasteiger partial charge in [0.05, 0.1) is 0 Å². The number of carbonyl (C=O) groups excluding carboxylic acids is 1. The first-order valence-electron chi connectivity index (χ1n) is 8.43. The standard InChI is InChI=1S/C16H29N3O2/c1-21-10-12-6-8-19(9-7-12)11-16(15(17)20,13-2-3-13)18-14-4-5-14/h12-14,18H,2-11H2,1H3,(H2,17,20). The number of carbonyl (C=O) groups is 1. The molecule has 3 fully saturated rings. The monoisotopic (exact) mass is 295 g/mol. The van der Waals surface area contributed by atoms with E-state index in [1.54, 1.807) is 7.11 Å². The Hall–Kier alpha value is -0.650. The number of nitrogens with two attached hydrogens (primary N) is 1. The van der Waals surface area contributed by atoms with Gasteiger partial charge in [0.25, 0.3) is 0 Å². The van der Waals surface area contributed by atoms with Crippen molar-refractivity contribution in [2.24, 2.45) is 17.6 Å². The van der Waals surface area contributed by atoms with Crippen molar-refractivity contribution in [3.63, 3.8) is 0 Å². The molecule has 5 nitrogen and oxygen atoms in total. The molecule has 1 amide bonds. The Kier molecular flexibility index (Phi) is 4.52. The summed E-state index contributed by atoms with van der Waals surface area (Å²) < 4.78 is 5.26. The Balaban J connectivity index is 1.60. The van der Waals surface area contributed by atoms with E-state index in [4.69, 9.17) is 10.5 Å². The molecule has 120 valence electrons. The number of rotatable bonds is 8. The van der Waals surface area contributed by atoms with Crippen molar-refractivity contribution in [1.29, 1.82) is 0 Å². The first-order chi connectivity index (χ1) is 10.1. The summed E-state index contributed by atoms with van der Waals surface area (Å²) in [7, 11) is 1.77. The maximum atomic E-state index is 12.2. The molecule has 0 spiro atoms. The predicted octanol–water partition coefficient (Wildman–Crippen LogP) is 0.731. The summed E-state index contributed by atoms with van der Waals surface area (Å²) in [6.07, 6.45) is 6.99. The maximum Gasteiger partial charge on any atom is 0.239 e. The molecule has 1 aliphatic heterocycles. The highest BCUT2D eigenvalue weighted by Gasteiger charge is 2.52.